The number of halogens is 2. The standard InChI is InChI=1S/C17H25BrFNO/c1-4-21-17(9-7-12(2)8-10-17)16(20-3)14-11-13(18)5-6-15(14)19/h5-6,11-12,16,20H,4,7-10H2,1-3H3. The second-order valence-corrected chi connectivity index (χ2v) is 6.98. The first-order valence-electron chi connectivity index (χ1n) is 7.78. The minimum Gasteiger partial charge on any atom is -0.373 e. The van der Waals surface area contributed by atoms with Crippen LogP contribution in [0.1, 0.15) is 51.1 Å². The molecular formula is C17H25BrFNO. The van der Waals surface area contributed by atoms with Crippen LogP contribution < -0.4 is 5.32 Å². The molecule has 21 heavy (non-hydrogen) atoms. The number of hydrogen-bond donors (Lipinski definition) is 1. The quantitative estimate of drug-likeness (QED) is 0.814. The van der Waals surface area contributed by atoms with Gasteiger partial charge in [-0.1, -0.05) is 22.9 Å². The van der Waals surface area contributed by atoms with Crippen LogP contribution in [0.15, 0.2) is 22.7 Å². The SMILES string of the molecule is CCOC1(C(NC)c2cc(Br)ccc2F)CCC(C)CC1. The Labute approximate surface area is 135 Å². The van der Waals surface area contributed by atoms with Crippen molar-refractivity contribution < 1.29 is 9.13 Å². The van der Waals surface area contributed by atoms with Crippen molar-refractivity contribution >= 4 is 15.9 Å². The molecule has 4 heteroatoms. The van der Waals surface area contributed by atoms with E-state index in [1.807, 2.05) is 20.0 Å². The maximum atomic E-state index is 14.3. The number of likely N-dealkylation sites (N-methyl/N-ethyl adjacent to an activating group) is 1. The van der Waals surface area contributed by atoms with E-state index < -0.39 is 0 Å². The maximum absolute atomic E-state index is 14.3. The van der Waals surface area contributed by atoms with Gasteiger partial charge < -0.3 is 10.1 Å². The topological polar surface area (TPSA) is 21.3 Å². The zero-order chi connectivity index (χ0) is 15.5. The molecule has 1 aliphatic carbocycles. The Hall–Kier alpha value is -0.450. The summed E-state index contributed by atoms with van der Waals surface area (Å²) in [5.74, 6) is 0.554. The molecule has 0 amide bonds. The molecule has 0 radical (unpaired) electrons. The van der Waals surface area contributed by atoms with Crippen molar-refractivity contribution in [3.05, 3.63) is 34.1 Å². The van der Waals surface area contributed by atoms with Crippen LogP contribution in [0.25, 0.3) is 0 Å². The highest BCUT2D eigenvalue weighted by molar-refractivity contribution is 9.10. The van der Waals surface area contributed by atoms with E-state index in [1.54, 1.807) is 6.07 Å². The smallest absolute Gasteiger partial charge is 0.128 e. The summed E-state index contributed by atoms with van der Waals surface area (Å²) in [5, 5.41) is 3.31. The molecule has 2 nitrogen and oxygen atoms in total. The van der Waals surface area contributed by atoms with E-state index in [4.69, 9.17) is 4.74 Å². The molecule has 1 saturated carbocycles. The van der Waals surface area contributed by atoms with Gasteiger partial charge in [-0.2, -0.15) is 0 Å². The molecule has 1 N–H and O–H groups in total. The molecule has 1 aromatic carbocycles. The minimum absolute atomic E-state index is 0.123. The number of ether oxygens (including phenoxy) is 1. The van der Waals surface area contributed by atoms with E-state index >= 15 is 0 Å². The van der Waals surface area contributed by atoms with Gasteiger partial charge in [-0.15, -0.1) is 0 Å². The predicted molar refractivity (Wildman–Crippen MR) is 87.9 cm³/mol. The first-order valence-corrected chi connectivity index (χ1v) is 8.58. The van der Waals surface area contributed by atoms with Crippen molar-refractivity contribution in [2.45, 2.75) is 51.2 Å². The lowest BCUT2D eigenvalue weighted by Gasteiger charge is -2.45. The summed E-state index contributed by atoms with van der Waals surface area (Å²) in [6, 6.07) is 5.01. The van der Waals surface area contributed by atoms with Gasteiger partial charge in [0.2, 0.25) is 0 Å². The molecular weight excluding hydrogens is 333 g/mol. The van der Waals surface area contributed by atoms with E-state index in [2.05, 4.69) is 28.2 Å². The minimum atomic E-state index is -0.308. The van der Waals surface area contributed by atoms with Crippen molar-refractivity contribution in [3.63, 3.8) is 0 Å². The lowest BCUT2D eigenvalue weighted by atomic mass is 9.73. The van der Waals surface area contributed by atoms with Crippen molar-refractivity contribution in [2.75, 3.05) is 13.7 Å². The highest BCUT2D eigenvalue weighted by atomic mass is 79.9. The third-order valence-corrected chi connectivity index (χ3v) is 5.13. The number of benzene rings is 1. The fraction of sp³-hybridized carbons (Fsp3) is 0.647. The summed E-state index contributed by atoms with van der Waals surface area (Å²) < 4.78 is 21.4. The van der Waals surface area contributed by atoms with Crippen LogP contribution in [0.2, 0.25) is 0 Å². The zero-order valence-corrected chi connectivity index (χ0v) is 14.7. The molecule has 1 unspecified atom stereocenters. The molecule has 0 spiro atoms. The lowest BCUT2D eigenvalue weighted by molar-refractivity contribution is -0.0968. The van der Waals surface area contributed by atoms with Crippen molar-refractivity contribution in [2.24, 2.45) is 5.92 Å². The molecule has 0 heterocycles. The Morgan fingerprint density at radius 1 is 1.43 bits per heavy atom. The number of hydrogen-bond acceptors (Lipinski definition) is 2. The van der Waals surface area contributed by atoms with Crippen molar-refractivity contribution in [1.82, 2.24) is 5.32 Å². The van der Waals surface area contributed by atoms with Crippen LogP contribution in [-0.4, -0.2) is 19.3 Å². The molecule has 0 aromatic heterocycles. The average Bonchev–Trinajstić information content (AvgIpc) is 2.47. The second-order valence-electron chi connectivity index (χ2n) is 6.07. The van der Waals surface area contributed by atoms with Gasteiger partial charge in [0.15, 0.2) is 0 Å². The van der Waals surface area contributed by atoms with Gasteiger partial charge in [0.25, 0.3) is 0 Å². The predicted octanol–water partition coefficient (Wildman–Crippen LogP) is 4.83. The van der Waals surface area contributed by atoms with Crippen molar-refractivity contribution in [1.29, 1.82) is 0 Å². The van der Waals surface area contributed by atoms with E-state index in [0.717, 1.165) is 36.1 Å². The molecule has 1 fully saturated rings. The van der Waals surface area contributed by atoms with E-state index in [9.17, 15) is 4.39 Å². The van der Waals surface area contributed by atoms with Gasteiger partial charge >= 0.3 is 0 Å². The summed E-state index contributed by atoms with van der Waals surface area (Å²) in [6.07, 6.45) is 4.21. The van der Waals surface area contributed by atoms with Crippen LogP contribution in [0.3, 0.4) is 0 Å². The van der Waals surface area contributed by atoms with Gasteiger partial charge in [0, 0.05) is 16.6 Å². The molecule has 0 bridgehead atoms. The summed E-state index contributed by atoms with van der Waals surface area (Å²) >= 11 is 3.45. The monoisotopic (exact) mass is 357 g/mol. The van der Waals surface area contributed by atoms with Crippen LogP contribution in [0.4, 0.5) is 4.39 Å². The number of rotatable bonds is 5. The summed E-state index contributed by atoms with van der Waals surface area (Å²) in [4.78, 5) is 0. The van der Waals surface area contributed by atoms with Crippen molar-refractivity contribution in [3.8, 4) is 0 Å². The molecule has 118 valence electrons. The normalized spacial score (nSPS) is 27.6. The fourth-order valence-electron chi connectivity index (χ4n) is 3.49. The van der Waals surface area contributed by atoms with Crippen LogP contribution in [-0.2, 0) is 4.74 Å². The average molecular weight is 358 g/mol. The largest absolute Gasteiger partial charge is 0.373 e. The molecule has 2 rings (SSSR count). The van der Waals surface area contributed by atoms with Gasteiger partial charge in [-0.3, -0.25) is 0 Å². The van der Waals surface area contributed by atoms with Crippen LogP contribution in [0, 0.1) is 11.7 Å². The highest BCUT2D eigenvalue weighted by Gasteiger charge is 2.43. The third-order valence-electron chi connectivity index (χ3n) is 4.64. The molecule has 1 aromatic rings. The zero-order valence-electron chi connectivity index (χ0n) is 13.1. The summed E-state index contributed by atoms with van der Waals surface area (Å²) in [6.45, 7) is 4.95. The van der Waals surface area contributed by atoms with E-state index in [1.165, 1.54) is 6.07 Å². The summed E-state index contributed by atoms with van der Waals surface area (Å²) in [7, 11) is 1.89. The van der Waals surface area contributed by atoms with Gasteiger partial charge in [-0.25, -0.2) is 4.39 Å². The highest BCUT2D eigenvalue weighted by Crippen LogP contribution is 2.44. The molecule has 0 saturated heterocycles. The third kappa shape index (κ3) is 3.66. The Morgan fingerprint density at radius 2 is 2.10 bits per heavy atom. The Balaban J connectivity index is 2.38. The summed E-state index contributed by atoms with van der Waals surface area (Å²) in [5.41, 5.74) is 0.382. The fourth-order valence-corrected chi connectivity index (χ4v) is 3.87. The Kier molecular flexibility index (Phi) is 5.81. The Bertz CT molecular complexity index is 472. The van der Waals surface area contributed by atoms with E-state index in [0.29, 0.717) is 12.2 Å². The van der Waals surface area contributed by atoms with Gasteiger partial charge in [-0.05, 0) is 63.8 Å². The second kappa shape index (κ2) is 7.21. The first-order chi connectivity index (χ1) is 10.0. The van der Waals surface area contributed by atoms with Gasteiger partial charge in [0.05, 0.1) is 11.6 Å². The van der Waals surface area contributed by atoms with Crippen LogP contribution >= 0.6 is 15.9 Å². The Morgan fingerprint density at radius 3 is 2.67 bits per heavy atom. The maximum Gasteiger partial charge on any atom is 0.128 e. The number of nitrogens with one attached hydrogen (secondary N) is 1. The van der Waals surface area contributed by atoms with E-state index in [-0.39, 0.29) is 17.5 Å². The molecule has 1 aliphatic rings. The van der Waals surface area contributed by atoms with Gasteiger partial charge in [0.1, 0.15) is 5.82 Å². The molecule has 0 aliphatic heterocycles. The lowest BCUT2D eigenvalue weighted by Crippen LogP contribution is -2.48. The van der Waals surface area contributed by atoms with Crippen LogP contribution in [0.5, 0.6) is 0 Å². The first kappa shape index (κ1) is 16.9. The molecule has 1 atom stereocenters.